The molecule has 0 spiro atoms. The minimum atomic E-state index is 0.158. The molecule has 1 rings (SSSR count). The smallest absolute Gasteiger partial charge is 0.119 e. The molecule has 120 valence electrons. The Kier molecular flexibility index (Phi) is 9.01. The molecule has 0 aromatic heterocycles. The molecule has 5 heteroatoms. The monoisotopic (exact) mass is 296 g/mol. The fraction of sp³-hybridized carbons (Fsp3) is 0.625. The number of ether oxygens (including phenoxy) is 3. The second-order valence-electron chi connectivity index (χ2n) is 4.78. The maximum atomic E-state index is 5.99. The molecule has 0 amide bonds. The molecule has 0 heterocycles. The summed E-state index contributed by atoms with van der Waals surface area (Å²) < 4.78 is 15.9. The van der Waals surface area contributed by atoms with E-state index in [-0.39, 0.29) is 6.04 Å². The van der Waals surface area contributed by atoms with E-state index < -0.39 is 0 Å². The third kappa shape index (κ3) is 6.01. The largest absolute Gasteiger partial charge is 0.494 e. The van der Waals surface area contributed by atoms with Crippen LogP contribution in [0.3, 0.4) is 0 Å². The summed E-state index contributed by atoms with van der Waals surface area (Å²) in [6, 6.07) is 8.30. The van der Waals surface area contributed by atoms with Crippen molar-refractivity contribution in [3.8, 4) is 5.75 Å². The molecule has 0 saturated carbocycles. The minimum Gasteiger partial charge on any atom is -0.494 e. The number of nitrogens with zero attached hydrogens (tertiary/aromatic N) is 1. The van der Waals surface area contributed by atoms with Crippen LogP contribution in [-0.2, 0) is 9.47 Å². The van der Waals surface area contributed by atoms with Gasteiger partial charge in [-0.15, -0.1) is 0 Å². The predicted octanol–water partition coefficient (Wildman–Crippen LogP) is 1.68. The second-order valence-corrected chi connectivity index (χ2v) is 4.78. The van der Waals surface area contributed by atoms with Gasteiger partial charge in [-0.3, -0.25) is 4.90 Å². The summed E-state index contributed by atoms with van der Waals surface area (Å²) in [6.45, 7) is 6.22. The Balaban J connectivity index is 2.79. The first-order valence-corrected chi connectivity index (χ1v) is 7.41. The van der Waals surface area contributed by atoms with Crippen molar-refractivity contribution in [2.24, 2.45) is 5.73 Å². The van der Waals surface area contributed by atoms with Gasteiger partial charge in [0.2, 0.25) is 0 Å². The van der Waals surface area contributed by atoms with E-state index in [2.05, 4.69) is 17.0 Å². The first kappa shape index (κ1) is 17.9. The standard InChI is InChI=1S/C16H28N2O3/c1-4-21-15-7-5-14(6-8-15)16(13-17)18(9-11-19-2)10-12-20-3/h5-8,16H,4,9-13,17H2,1-3H3. The number of nitrogens with two attached hydrogens (primary N) is 1. The van der Waals surface area contributed by atoms with Gasteiger partial charge in [-0.1, -0.05) is 12.1 Å². The van der Waals surface area contributed by atoms with Gasteiger partial charge in [0.25, 0.3) is 0 Å². The molecule has 1 unspecified atom stereocenters. The van der Waals surface area contributed by atoms with Gasteiger partial charge in [0.15, 0.2) is 0 Å². The van der Waals surface area contributed by atoms with E-state index in [9.17, 15) is 0 Å². The van der Waals surface area contributed by atoms with Crippen LogP contribution in [0.15, 0.2) is 24.3 Å². The molecule has 0 radical (unpaired) electrons. The fourth-order valence-corrected chi connectivity index (χ4v) is 2.29. The highest BCUT2D eigenvalue weighted by Gasteiger charge is 2.18. The molecule has 0 fully saturated rings. The maximum absolute atomic E-state index is 5.99. The van der Waals surface area contributed by atoms with Crippen LogP contribution in [0.4, 0.5) is 0 Å². The summed E-state index contributed by atoms with van der Waals surface area (Å²) in [6.07, 6.45) is 0. The Labute approximate surface area is 128 Å². The van der Waals surface area contributed by atoms with Crippen LogP contribution in [0, 0.1) is 0 Å². The Morgan fingerprint density at radius 3 is 2.05 bits per heavy atom. The highest BCUT2D eigenvalue weighted by molar-refractivity contribution is 5.29. The van der Waals surface area contributed by atoms with Crippen LogP contribution in [-0.4, -0.2) is 58.6 Å². The molecule has 0 bridgehead atoms. The van der Waals surface area contributed by atoms with Crippen molar-refractivity contribution in [2.45, 2.75) is 13.0 Å². The van der Waals surface area contributed by atoms with Gasteiger partial charge in [0, 0.05) is 39.9 Å². The van der Waals surface area contributed by atoms with Crippen molar-refractivity contribution in [3.05, 3.63) is 29.8 Å². The average Bonchev–Trinajstić information content (AvgIpc) is 2.52. The quantitative estimate of drug-likeness (QED) is 0.673. The van der Waals surface area contributed by atoms with Gasteiger partial charge < -0.3 is 19.9 Å². The highest BCUT2D eigenvalue weighted by atomic mass is 16.5. The molecule has 5 nitrogen and oxygen atoms in total. The average molecular weight is 296 g/mol. The van der Waals surface area contributed by atoms with Crippen molar-refractivity contribution in [1.82, 2.24) is 4.90 Å². The first-order chi connectivity index (χ1) is 10.3. The SMILES string of the molecule is CCOc1ccc(C(CN)N(CCOC)CCOC)cc1. The summed E-state index contributed by atoms with van der Waals surface area (Å²) in [5.41, 5.74) is 7.18. The van der Waals surface area contributed by atoms with Gasteiger partial charge in [0.1, 0.15) is 5.75 Å². The normalized spacial score (nSPS) is 12.6. The van der Waals surface area contributed by atoms with Crippen LogP contribution < -0.4 is 10.5 Å². The van der Waals surface area contributed by atoms with E-state index in [0.29, 0.717) is 26.4 Å². The van der Waals surface area contributed by atoms with Crippen LogP contribution in [0.25, 0.3) is 0 Å². The van der Waals surface area contributed by atoms with E-state index in [0.717, 1.165) is 18.8 Å². The van der Waals surface area contributed by atoms with Crippen LogP contribution in [0.1, 0.15) is 18.5 Å². The molecule has 0 aliphatic heterocycles. The zero-order valence-electron chi connectivity index (χ0n) is 13.4. The van der Waals surface area contributed by atoms with Crippen molar-refractivity contribution in [3.63, 3.8) is 0 Å². The van der Waals surface area contributed by atoms with Crippen molar-refractivity contribution < 1.29 is 14.2 Å². The number of benzene rings is 1. The van der Waals surface area contributed by atoms with E-state index in [1.807, 2.05) is 19.1 Å². The second kappa shape index (κ2) is 10.6. The summed E-state index contributed by atoms with van der Waals surface area (Å²) in [4.78, 5) is 2.29. The lowest BCUT2D eigenvalue weighted by molar-refractivity contribution is 0.0891. The summed E-state index contributed by atoms with van der Waals surface area (Å²) >= 11 is 0. The van der Waals surface area contributed by atoms with Gasteiger partial charge >= 0.3 is 0 Å². The molecule has 1 atom stereocenters. The van der Waals surface area contributed by atoms with Crippen LogP contribution >= 0.6 is 0 Å². The molecule has 21 heavy (non-hydrogen) atoms. The number of methoxy groups -OCH3 is 2. The Morgan fingerprint density at radius 1 is 1.05 bits per heavy atom. The molecule has 0 saturated heterocycles. The van der Waals surface area contributed by atoms with E-state index in [4.69, 9.17) is 19.9 Å². The van der Waals surface area contributed by atoms with Gasteiger partial charge in [-0.2, -0.15) is 0 Å². The zero-order valence-corrected chi connectivity index (χ0v) is 13.4. The summed E-state index contributed by atoms with van der Waals surface area (Å²) in [5.74, 6) is 0.886. The van der Waals surface area contributed by atoms with Crippen LogP contribution in [0.5, 0.6) is 5.75 Å². The molecule has 0 aliphatic rings. The van der Waals surface area contributed by atoms with E-state index in [1.54, 1.807) is 14.2 Å². The minimum absolute atomic E-state index is 0.158. The van der Waals surface area contributed by atoms with Crippen molar-refractivity contribution >= 4 is 0 Å². The van der Waals surface area contributed by atoms with Gasteiger partial charge in [-0.25, -0.2) is 0 Å². The topological polar surface area (TPSA) is 57.0 Å². The van der Waals surface area contributed by atoms with Gasteiger partial charge in [0.05, 0.1) is 19.8 Å². The Bertz CT molecular complexity index is 362. The van der Waals surface area contributed by atoms with Crippen molar-refractivity contribution in [1.29, 1.82) is 0 Å². The summed E-state index contributed by atoms with van der Waals surface area (Å²) in [7, 11) is 3.42. The fourth-order valence-electron chi connectivity index (χ4n) is 2.29. The first-order valence-electron chi connectivity index (χ1n) is 7.41. The third-order valence-corrected chi connectivity index (χ3v) is 3.41. The summed E-state index contributed by atoms with van der Waals surface area (Å²) in [5, 5.41) is 0. The lowest BCUT2D eigenvalue weighted by Crippen LogP contribution is -2.38. The van der Waals surface area contributed by atoms with E-state index >= 15 is 0 Å². The number of hydrogen-bond acceptors (Lipinski definition) is 5. The van der Waals surface area contributed by atoms with Crippen LogP contribution in [0.2, 0.25) is 0 Å². The number of hydrogen-bond donors (Lipinski definition) is 1. The Hall–Kier alpha value is -1.14. The maximum Gasteiger partial charge on any atom is 0.119 e. The zero-order chi connectivity index (χ0) is 15.5. The molecule has 2 N–H and O–H groups in total. The van der Waals surface area contributed by atoms with E-state index in [1.165, 1.54) is 5.56 Å². The molecule has 0 aliphatic carbocycles. The lowest BCUT2D eigenvalue weighted by atomic mass is 10.0. The highest BCUT2D eigenvalue weighted by Crippen LogP contribution is 2.22. The third-order valence-electron chi connectivity index (χ3n) is 3.41. The molecular formula is C16H28N2O3. The predicted molar refractivity (Wildman–Crippen MR) is 84.7 cm³/mol. The number of rotatable bonds is 11. The molecular weight excluding hydrogens is 268 g/mol. The Morgan fingerprint density at radius 2 is 1.62 bits per heavy atom. The lowest BCUT2D eigenvalue weighted by Gasteiger charge is -2.31. The molecule has 1 aromatic rings. The van der Waals surface area contributed by atoms with Crippen molar-refractivity contribution in [2.75, 3.05) is 53.7 Å². The van der Waals surface area contributed by atoms with Gasteiger partial charge in [-0.05, 0) is 24.6 Å². The molecule has 1 aromatic carbocycles.